The monoisotopic (exact) mass is 506 g/mol. The molecule has 0 spiro atoms. The Bertz CT molecular complexity index is 1150. The number of hydrogen-bond donors (Lipinski definition) is 0. The molecule has 35 heavy (non-hydrogen) atoms. The van der Waals surface area contributed by atoms with E-state index >= 15 is 0 Å². The molecule has 1 atom stereocenters. The molecular formula is C28H33F3O3S. The van der Waals surface area contributed by atoms with E-state index in [-0.39, 0.29) is 11.9 Å². The Hall–Kier alpha value is -2.41. The van der Waals surface area contributed by atoms with Crippen LogP contribution in [0.5, 0.6) is 5.75 Å². The molecule has 3 aromatic rings. The fourth-order valence-electron chi connectivity index (χ4n) is 4.19. The third-order valence-corrected chi connectivity index (χ3v) is 7.17. The number of aryl methyl sites for hydroxylation is 2. The van der Waals surface area contributed by atoms with Gasteiger partial charge in [0, 0.05) is 22.6 Å². The van der Waals surface area contributed by atoms with E-state index in [0.29, 0.717) is 17.8 Å². The van der Waals surface area contributed by atoms with E-state index in [4.69, 9.17) is 9.15 Å². The standard InChI is InChI=1S/C28H33F3O3S/c1-5-7-9-20(27-19(4)23-12-10-21(28(29,30)31)17-25(23)34-27)14-15-35-22-11-13-24(18(3)16-22)33-26(32)8-6-2/h10-13,16-17,20H,5-9,14-15H2,1-4H3. The minimum Gasteiger partial charge on any atom is -0.460 e. The second-order valence-corrected chi connectivity index (χ2v) is 10.1. The van der Waals surface area contributed by atoms with Gasteiger partial charge in [-0.05, 0) is 80.3 Å². The Morgan fingerprint density at radius 1 is 1.06 bits per heavy atom. The number of thioether (sulfide) groups is 1. The van der Waals surface area contributed by atoms with Crippen LogP contribution in [-0.2, 0) is 11.0 Å². The zero-order valence-electron chi connectivity index (χ0n) is 20.8. The van der Waals surface area contributed by atoms with Crippen LogP contribution in [0.4, 0.5) is 13.2 Å². The van der Waals surface area contributed by atoms with Gasteiger partial charge in [-0.15, -0.1) is 11.8 Å². The fraction of sp³-hybridized carbons (Fsp3) is 0.464. The van der Waals surface area contributed by atoms with Crippen LogP contribution >= 0.6 is 11.8 Å². The maximum absolute atomic E-state index is 13.2. The van der Waals surface area contributed by atoms with Crippen molar-refractivity contribution in [2.45, 2.75) is 83.2 Å². The van der Waals surface area contributed by atoms with Crippen molar-refractivity contribution < 1.29 is 27.1 Å². The van der Waals surface area contributed by atoms with Crippen molar-refractivity contribution in [1.82, 2.24) is 0 Å². The van der Waals surface area contributed by atoms with Crippen molar-refractivity contribution in [2.24, 2.45) is 0 Å². The second-order valence-electron chi connectivity index (χ2n) is 8.93. The van der Waals surface area contributed by atoms with Crippen LogP contribution in [0.1, 0.15) is 80.7 Å². The minimum absolute atomic E-state index is 0.138. The maximum Gasteiger partial charge on any atom is 0.416 e. The number of unbranched alkanes of at least 4 members (excludes halogenated alkanes) is 1. The van der Waals surface area contributed by atoms with Crippen LogP contribution < -0.4 is 4.74 Å². The van der Waals surface area contributed by atoms with Crippen molar-refractivity contribution in [1.29, 1.82) is 0 Å². The first-order valence-corrected chi connectivity index (χ1v) is 13.2. The van der Waals surface area contributed by atoms with Crippen LogP contribution in [-0.4, -0.2) is 11.7 Å². The molecule has 0 aliphatic rings. The minimum atomic E-state index is -4.39. The molecule has 1 heterocycles. The molecule has 1 unspecified atom stereocenters. The van der Waals surface area contributed by atoms with Gasteiger partial charge in [0.15, 0.2) is 0 Å². The summed E-state index contributed by atoms with van der Waals surface area (Å²) in [6.07, 6.45) is 0.594. The molecular weight excluding hydrogens is 473 g/mol. The summed E-state index contributed by atoms with van der Waals surface area (Å²) in [4.78, 5) is 12.9. The average Bonchev–Trinajstić information content (AvgIpc) is 3.13. The zero-order chi connectivity index (χ0) is 25.6. The highest BCUT2D eigenvalue weighted by Crippen LogP contribution is 2.39. The molecule has 0 aliphatic heterocycles. The van der Waals surface area contributed by atoms with Gasteiger partial charge < -0.3 is 9.15 Å². The van der Waals surface area contributed by atoms with Gasteiger partial charge in [-0.25, -0.2) is 0 Å². The SMILES string of the molecule is CCCCC(CCSc1ccc(OC(=O)CCC)c(C)c1)c1oc2cc(C(F)(F)F)ccc2c1C. The van der Waals surface area contributed by atoms with Gasteiger partial charge in [0.25, 0.3) is 0 Å². The van der Waals surface area contributed by atoms with Gasteiger partial charge in [0.2, 0.25) is 0 Å². The van der Waals surface area contributed by atoms with E-state index in [1.807, 2.05) is 39.0 Å². The van der Waals surface area contributed by atoms with Crippen LogP contribution in [0.25, 0.3) is 11.0 Å². The first kappa shape index (κ1) is 27.2. The van der Waals surface area contributed by atoms with Crippen molar-refractivity contribution in [3.8, 4) is 5.75 Å². The molecule has 2 aromatic carbocycles. The molecule has 0 saturated heterocycles. The second kappa shape index (κ2) is 12.0. The number of esters is 1. The fourth-order valence-corrected chi connectivity index (χ4v) is 5.25. The van der Waals surface area contributed by atoms with Crippen molar-refractivity contribution >= 4 is 28.7 Å². The van der Waals surface area contributed by atoms with Gasteiger partial charge in [-0.1, -0.05) is 32.8 Å². The van der Waals surface area contributed by atoms with E-state index in [1.165, 1.54) is 6.07 Å². The number of alkyl halides is 3. The van der Waals surface area contributed by atoms with Gasteiger partial charge in [0.05, 0.1) is 5.56 Å². The first-order chi connectivity index (χ1) is 16.6. The highest BCUT2D eigenvalue weighted by atomic mass is 32.2. The molecule has 190 valence electrons. The lowest BCUT2D eigenvalue weighted by Gasteiger charge is -2.15. The quantitative estimate of drug-likeness (QED) is 0.148. The summed E-state index contributed by atoms with van der Waals surface area (Å²) >= 11 is 1.72. The van der Waals surface area contributed by atoms with E-state index in [9.17, 15) is 18.0 Å². The van der Waals surface area contributed by atoms with Crippen LogP contribution in [0.15, 0.2) is 45.7 Å². The lowest BCUT2D eigenvalue weighted by atomic mass is 9.93. The van der Waals surface area contributed by atoms with E-state index < -0.39 is 11.7 Å². The Morgan fingerprint density at radius 2 is 1.83 bits per heavy atom. The summed E-state index contributed by atoms with van der Waals surface area (Å²) in [6.45, 7) is 7.93. The molecule has 0 aliphatic carbocycles. The highest BCUT2D eigenvalue weighted by Gasteiger charge is 2.31. The van der Waals surface area contributed by atoms with E-state index in [1.54, 1.807) is 11.8 Å². The Balaban J connectivity index is 1.72. The Labute approximate surface area is 209 Å². The van der Waals surface area contributed by atoms with E-state index in [2.05, 4.69) is 6.92 Å². The van der Waals surface area contributed by atoms with E-state index in [0.717, 1.165) is 77.2 Å². The molecule has 3 rings (SSSR count). The molecule has 0 N–H and O–H groups in total. The number of rotatable bonds is 11. The summed E-state index contributed by atoms with van der Waals surface area (Å²) in [5.74, 6) is 2.14. The molecule has 0 fully saturated rings. The molecule has 0 saturated carbocycles. The maximum atomic E-state index is 13.2. The first-order valence-electron chi connectivity index (χ1n) is 12.2. The number of hydrogen-bond acceptors (Lipinski definition) is 4. The van der Waals surface area contributed by atoms with Crippen LogP contribution in [0.3, 0.4) is 0 Å². The molecule has 7 heteroatoms. The van der Waals surface area contributed by atoms with Crippen molar-refractivity contribution in [2.75, 3.05) is 5.75 Å². The summed E-state index contributed by atoms with van der Waals surface area (Å²) in [5, 5.41) is 0.742. The largest absolute Gasteiger partial charge is 0.460 e. The number of ether oxygens (including phenoxy) is 1. The molecule has 3 nitrogen and oxygen atoms in total. The molecule has 0 radical (unpaired) electrons. The molecule has 0 bridgehead atoms. The summed E-state index contributed by atoms with van der Waals surface area (Å²) in [5.41, 5.74) is 1.44. The normalized spacial score (nSPS) is 12.8. The lowest BCUT2D eigenvalue weighted by molar-refractivity contribution is -0.137. The number of fused-ring (bicyclic) bond motifs is 1. The highest BCUT2D eigenvalue weighted by molar-refractivity contribution is 7.99. The van der Waals surface area contributed by atoms with Crippen molar-refractivity contribution in [3.63, 3.8) is 0 Å². The molecule has 1 aromatic heterocycles. The Kier molecular flexibility index (Phi) is 9.34. The number of halogens is 3. The summed E-state index contributed by atoms with van der Waals surface area (Å²) in [6, 6.07) is 9.56. The number of carbonyl (C=O) groups is 1. The predicted octanol–water partition coefficient (Wildman–Crippen LogP) is 9.23. The third-order valence-electron chi connectivity index (χ3n) is 6.14. The Morgan fingerprint density at radius 3 is 2.49 bits per heavy atom. The zero-order valence-corrected chi connectivity index (χ0v) is 21.6. The summed E-state index contributed by atoms with van der Waals surface area (Å²) < 4.78 is 50.9. The lowest BCUT2D eigenvalue weighted by Crippen LogP contribution is -2.07. The van der Waals surface area contributed by atoms with Crippen LogP contribution in [0.2, 0.25) is 0 Å². The van der Waals surface area contributed by atoms with Gasteiger partial charge in [-0.3, -0.25) is 4.79 Å². The smallest absolute Gasteiger partial charge is 0.416 e. The topological polar surface area (TPSA) is 39.4 Å². The average molecular weight is 507 g/mol. The predicted molar refractivity (Wildman–Crippen MR) is 135 cm³/mol. The summed E-state index contributed by atoms with van der Waals surface area (Å²) in [7, 11) is 0. The number of carbonyl (C=O) groups excluding carboxylic acids is 1. The van der Waals surface area contributed by atoms with Crippen LogP contribution in [0, 0.1) is 13.8 Å². The van der Waals surface area contributed by atoms with Gasteiger partial charge in [-0.2, -0.15) is 13.2 Å². The van der Waals surface area contributed by atoms with Crippen molar-refractivity contribution in [3.05, 3.63) is 58.8 Å². The molecule has 0 amide bonds. The van der Waals surface area contributed by atoms with Gasteiger partial charge >= 0.3 is 12.1 Å². The van der Waals surface area contributed by atoms with Gasteiger partial charge in [0.1, 0.15) is 17.1 Å². The third kappa shape index (κ3) is 7.06. The number of furan rings is 1. The number of benzene rings is 2.